The molecule has 0 amide bonds. The lowest BCUT2D eigenvalue weighted by Gasteiger charge is -2.11. The van der Waals surface area contributed by atoms with Crippen molar-refractivity contribution in [3.05, 3.63) is 16.2 Å². The molecule has 0 saturated heterocycles. The molecule has 8 nitrogen and oxygen atoms in total. The maximum absolute atomic E-state index is 12.0. The Bertz CT molecular complexity index is 556. The molecule has 0 bridgehead atoms. The normalized spacial score (nSPS) is 13.2. The molecule has 1 aromatic rings. The summed E-state index contributed by atoms with van der Waals surface area (Å²) in [5.41, 5.74) is 1.77. The van der Waals surface area contributed by atoms with Crippen molar-refractivity contribution in [1.82, 2.24) is 4.72 Å². The summed E-state index contributed by atoms with van der Waals surface area (Å²) >= 11 is 2.22. The van der Waals surface area contributed by atoms with Gasteiger partial charge >= 0.3 is 5.69 Å². The van der Waals surface area contributed by atoms with Crippen LogP contribution in [0.4, 0.5) is 10.7 Å². The molecule has 1 aromatic heterocycles. The van der Waals surface area contributed by atoms with E-state index >= 15 is 0 Å². The second-order valence-electron chi connectivity index (χ2n) is 3.66. The average Bonchev–Trinajstić information content (AvgIpc) is 2.73. The van der Waals surface area contributed by atoms with Crippen LogP contribution in [0, 0.1) is 10.1 Å². The Hall–Kier alpha value is -0.880. The van der Waals surface area contributed by atoms with Crippen molar-refractivity contribution in [2.75, 3.05) is 17.4 Å². The van der Waals surface area contributed by atoms with E-state index in [1.54, 1.807) is 6.92 Å². The van der Waals surface area contributed by atoms with E-state index in [0.29, 0.717) is 5.75 Å². The number of nitrogens with zero attached hydrogens (tertiary/aromatic N) is 1. The largest absolute Gasteiger partial charge is 0.310 e. The third-order valence-corrected chi connectivity index (χ3v) is 6.01. The van der Waals surface area contributed by atoms with Gasteiger partial charge in [-0.3, -0.25) is 10.1 Å². The van der Waals surface area contributed by atoms with Crippen LogP contribution in [0.15, 0.2) is 10.3 Å². The fourth-order valence-electron chi connectivity index (χ4n) is 1.34. The summed E-state index contributed by atoms with van der Waals surface area (Å²) < 4.78 is 26.3. The summed E-state index contributed by atoms with van der Waals surface area (Å²) in [7, 11) is -3.77. The minimum Gasteiger partial charge on any atom is -0.310 e. The third kappa shape index (κ3) is 4.04. The molecule has 19 heavy (non-hydrogen) atoms. The molecule has 4 N–H and O–H groups in total. The van der Waals surface area contributed by atoms with E-state index in [9.17, 15) is 18.5 Å². The molecule has 0 aliphatic rings. The van der Waals surface area contributed by atoms with Crippen LogP contribution in [-0.2, 0) is 10.0 Å². The number of hydrogen-bond donors (Lipinski definition) is 3. The fraction of sp³-hybridized carbons (Fsp3) is 0.500. The van der Waals surface area contributed by atoms with Gasteiger partial charge in [0.25, 0.3) is 10.0 Å². The first-order chi connectivity index (χ1) is 8.81. The summed E-state index contributed by atoms with van der Waals surface area (Å²) in [4.78, 5) is 10.1. The molecular weight excluding hydrogens is 312 g/mol. The molecule has 0 saturated carbocycles. The van der Waals surface area contributed by atoms with E-state index in [1.807, 2.05) is 6.26 Å². The number of nitrogen functional groups attached to an aromatic ring is 1. The topological polar surface area (TPSA) is 127 Å². The highest BCUT2D eigenvalue weighted by atomic mass is 32.2. The number of sulfonamides is 1. The zero-order valence-electron chi connectivity index (χ0n) is 10.2. The Kier molecular flexibility index (Phi) is 5.55. The van der Waals surface area contributed by atoms with Crippen molar-refractivity contribution < 1.29 is 13.3 Å². The van der Waals surface area contributed by atoms with Crippen LogP contribution in [0.2, 0.25) is 0 Å². The van der Waals surface area contributed by atoms with Crippen LogP contribution in [-0.4, -0.2) is 31.4 Å². The predicted molar refractivity (Wildman–Crippen MR) is 76.9 cm³/mol. The van der Waals surface area contributed by atoms with E-state index in [0.717, 1.165) is 17.4 Å². The number of nitro groups is 1. The van der Waals surface area contributed by atoms with Crippen LogP contribution in [0.25, 0.3) is 0 Å². The van der Waals surface area contributed by atoms with E-state index in [4.69, 9.17) is 5.84 Å². The van der Waals surface area contributed by atoms with Gasteiger partial charge in [-0.25, -0.2) is 19.0 Å². The highest BCUT2D eigenvalue weighted by Gasteiger charge is 2.26. The van der Waals surface area contributed by atoms with Crippen LogP contribution < -0.4 is 16.0 Å². The molecule has 0 aliphatic carbocycles. The number of nitrogens with two attached hydrogens (primary N) is 1. The maximum atomic E-state index is 12.0. The number of rotatable bonds is 7. The van der Waals surface area contributed by atoms with Gasteiger partial charge in [-0.1, -0.05) is 11.3 Å². The number of thioether (sulfide) groups is 1. The summed E-state index contributed by atoms with van der Waals surface area (Å²) in [5.74, 6) is 5.74. The molecule has 0 aromatic carbocycles. The zero-order chi connectivity index (χ0) is 14.6. The fourth-order valence-corrected chi connectivity index (χ4v) is 4.52. The van der Waals surface area contributed by atoms with Gasteiger partial charge in [0.2, 0.25) is 0 Å². The Morgan fingerprint density at radius 3 is 2.68 bits per heavy atom. The number of hydrogen-bond acceptors (Lipinski definition) is 8. The molecule has 1 atom stereocenters. The Morgan fingerprint density at radius 1 is 1.63 bits per heavy atom. The summed E-state index contributed by atoms with van der Waals surface area (Å²) in [6.07, 6.45) is 1.86. The van der Waals surface area contributed by atoms with Gasteiger partial charge < -0.3 is 5.43 Å². The Labute approximate surface area is 118 Å². The molecule has 0 radical (unpaired) electrons. The van der Waals surface area contributed by atoms with Crippen LogP contribution >= 0.6 is 23.1 Å². The highest BCUT2D eigenvalue weighted by molar-refractivity contribution is 7.98. The molecule has 0 spiro atoms. The first-order valence-electron chi connectivity index (χ1n) is 5.08. The lowest BCUT2D eigenvalue weighted by Crippen LogP contribution is -2.33. The smallest absolute Gasteiger partial charge is 0.306 e. The van der Waals surface area contributed by atoms with E-state index < -0.39 is 14.9 Å². The Morgan fingerprint density at radius 2 is 2.26 bits per heavy atom. The van der Waals surface area contributed by atoms with Crippen molar-refractivity contribution in [3.63, 3.8) is 0 Å². The monoisotopic (exact) mass is 326 g/mol. The minimum atomic E-state index is -3.77. The first-order valence-corrected chi connectivity index (χ1v) is 8.77. The zero-order valence-corrected chi connectivity index (χ0v) is 12.7. The van der Waals surface area contributed by atoms with Crippen LogP contribution in [0.3, 0.4) is 0 Å². The van der Waals surface area contributed by atoms with E-state index in [2.05, 4.69) is 10.1 Å². The SMILES string of the molecule is CSCC(C)NS(=O)(=O)c1cc([N+](=O)[O-])c(NN)s1. The average molecular weight is 326 g/mol. The molecule has 0 fully saturated rings. The van der Waals surface area contributed by atoms with Gasteiger partial charge in [0, 0.05) is 17.9 Å². The number of anilines is 1. The molecule has 0 aliphatic heterocycles. The summed E-state index contributed by atoms with van der Waals surface area (Å²) in [6.45, 7) is 1.72. The number of hydrazine groups is 1. The quantitative estimate of drug-likeness (QED) is 0.387. The summed E-state index contributed by atoms with van der Waals surface area (Å²) in [6, 6.07) is 0.726. The van der Waals surface area contributed by atoms with Gasteiger partial charge in [0.1, 0.15) is 4.21 Å². The van der Waals surface area contributed by atoms with E-state index in [-0.39, 0.29) is 20.9 Å². The molecular formula is C8H14N4O4S3. The maximum Gasteiger partial charge on any atom is 0.306 e. The second-order valence-corrected chi connectivity index (χ2v) is 7.56. The van der Waals surface area contributed by atoms with E-state index in [1.165, 1.54) is 11.8 Å². The highest BCUT2D eigenvalue weighted by Crippen LogP contribution is 2.36. The van der Waals surface area contributed by atoms with Crippen LogP contribution in [0.1, 0.15) is 6.92 Å². The minimum absolute atomic E-state index is 0.00268. The Balaban J connectivity index is 3.05. The van der Waals surface area contributed by atoms with Gasteiger partial charge in [0.05, 0.1) is 4.92 Å². The van der Waals surface area contributed by atoms with Crippen molar-refractivity contribution in [2.45, 2.75) is 17.2 Å². The molecule has 11 heteroatoms. The number of thiophene rings is 1. The van der Waals surface area contributed by atoms with Gasteiger partial charge in [-0.15, -0.1) is 0 Å². The predicted octanol–water partition coefficient (Wildman–Crippen LogP) is 0.972. The lowest BCUT2D eigenvalue weighted by molar-refractivity contribution is -0.383. The lowest BCUT2D eigenvalue weighted by atomic mass is 10.4. The summed E-state index contributed by atoms with van der Waals surface area (Å²) in [5, 5.41) is 10.7. The van der Waals surface area contributed by atoms with Gasteiger partial charge in [0.15, 0.2) is 5.00 Å². The van der Waals surface area contributed by atoms with Crippen LogP contribution in [0.5, 0.6) is 0 Å². The molecule has 1 rings (SSSR count). The van der Waals surface area contributed by atoms with Crippen molar-refractivity contribution in [3.8, 4) is 0 Å². The van der Waals surface area contributed by atoms with Gasteiger partial charge in [-0.2, -0.15) is 11.8 Å². The van der Waals surface area contributed by atoms with Crippen molar-refractivity contribution in [2.24, 2.45) is 5.84 Å². The van der Waals surface area contributed by atoms with Crippen molar-refractivity contribution >= 4 is 43.8 Å². The molecule has 1 unspecified atom stereocenters. The molecule has 108 valence electrons. The molecule has 1 heterocycles. The second kappa shape index (κ2) is 6.52. The first kappa shape index (κ1) is 16.2. The third-order valence-electron chi connectivity index (χ3n) is 2.06. The number of nitrogens with one attached hydrogen (secondary N) is 2. The standard InChI is InChI=1S/C8H14N4O4S3/c1-5(4-17-2)11-19(15,16)7-3-6(12(13)14)8(10-9)18-7/h3,5,10-11H,4,9H2,1-2H3. The van der Waals surface area contributed by atoms with Crippen molar-refractivity contribution in [1.29, 1.82) is 0 Å². The van der Waals surface area contributed by atoms with Gasteiger partial charge in [-0.05, 0) is 13.2 Å².